The zero-order chi connectivity index (χ0) is 21.5. The average molecular weight is 421 g/mol. The lowest BCUT2D eigenvalue weighted by atomic mass is 10.1. The number of piperazine rings is 1. The van der Waals surface area contributed by atoms with Crippen LogP contribution in [0.2, 0.25) is 0 Å². The molecule has 0 spiro atoms. The quantitative estimate of drug-likeness (QED) is 0.495. The molecular formula is C21H23N7O3. The van der Waals surface area contributed by atoms with E-state index in [4.69, 9.17) is 4.74 Å². The van der Waals surface area contributed by atoms with Crippen molar-refractivity contribution >= 4 is 11.8 Å². The van der Waals surface area contributed by atoms with Crippen LogP contribution in [0.15, 0.2) is 54.6 Å². The number of nitrogens with zero attached hydrogens (tertiary/aromatic N) is 4. The van der Waals surface area contributed by atoms with Crippen LogP contribution in [0.1, 0.15) is 17.8 Å². The van der Waals surface area contributed by atoms with Crippen molar-refractivity contribution in [3.05, 3.63) is 66.0 Å². The van der Waals surface area contributed by atoms with Gasteiger partial charge in [-0.15, -0.1) is 10.2 Å². The second kappa shape index (κ2) is 9.81. The number of aromatic amines is 1. The fourth-order valence-corrected chi connectivity index (χ4v) is 3.42. The van der Waals surface area contributed by atoms with Gasteiger partial charge in [0.25, 0.3) is 0 Å². The van der Waals surface area contributed by atoms with Gasteiger partial charge in [-0.1, -0.05) is 35.5 Å². The van der Waals surface area contributed by atoms with E-state index in [2.05, 4.69) is 31.3 Å². The highest BCUT2D eigenvalue weighted by molar-refractivity contribution is 5.88. The first-order valence-corrected chi connectivity index (χ1v) is 10.00. The first-order chi connectivity index (χ1) is 15.2. The van der Waals surface area contributed by atoms with Crippen LogP contribution in [0.25, 0.3) is 0 Å². The summed E-state index contributed by atoms with van der Waals surface area (Å²) in [6.45, 7) is 1.88. The summed E-state index contributed by atoms with van der Waals surface area (Å²) in [4.78, 5) is 26.9. The number of rotatable bonds is 8. The third-order valence-electron chi connectivity index (χ3n) is 4.92. The molecule has 1 fully saturated rings. The van der Waals surface area contributed by atoms with Gasteiger partial charge in [-0.05, 0) is 29.8 Å². The molecule has 10 heteroatoms. The number of hydrogen-bond acceptors (Lipinski definition) is 7. The number of nitrogens with one attached hydrogen (secondary N) is 3. The van der Waals surface area contributed by atoms with E-state index >= 15 is 0 Å². The summed E-state index contributed by atoms with van der Waals surface area (Å²) in [5.41, 5.74) is 1.00. The highest BCUT2D eigenvalue weighted by atomic mass is 16.5. The molecule has 1 unspecified atom stereocenters. The molecule has 2 aromatic carbocycles. The summed E-state index contributed by atoms with van der Waals surface area (Å²) < 4.78 is 5.91. The number of H-pyrrole nitrogens is 1. The minimum Gasteiger partial charge on any atom is -0.457 e. The maximum absolute atomic E-state index is 12.5. The summed E-state index contributed by atoms with van der Waals surface area (Å²) in [5.74, 6) is 1.46. The number of tetrazole rings is 1. The molecule has 31 heavy (non-hydrogen) atoms. The SMILES string of the molecule is O=C(CC1C(=O)NCCN1Cc1cccc(Oc2ccccc2)c1)NCc1nn[nH]n1. The van der Waals surface area contributed by atoms with Crippen molar-refractivity contribution in [3.63, 3.8) is 0 Å². The molecule has 1 saturated heterocycles. The first kappa shape index (κ1) is 20.5. The number of ether oxygens (including phenoxy) is 1. The summed E-state index contributed by atoms with van der Waals surface area (Å²) >= 11 is 0. The molecule has 3 aromatic rings. The molecule has 160 valence electrons. The molecule has 3 N–H and O–H groups in total. The normalized spacial score (nSPS) is 16.5. The lowest BCUT2D eigenvalue weighted by Crippen LogP contribution is -2.56. The van der Waals surface area contributed by atoms with Gasteiger partial charge in [0.2, 0.25) is 11.8 Å². The molecule has 10 nitrogen and oxygen atoms in total. The molecule has 4 rings (SSSR count). The van der Waals surface area contributed by atoms with Gasteiger partial charge >= 0.3 is 0 Å². The second-order valence-corrected chi connectivity index (χ2v) is 7.15. The summed E-state index contributed by atoms with van der Waals surface area (Å²) in [6, 6.07) is 16.7. The van der Waals surface area contributed by atoms with Crippen molar-refractivity contribution in [1.82, 2.24) is 36.2 Å². The molecule has 0 bridgehead atoms. The Hall–Kier alpha value is -3.79. The fourth-order valence-electron chi connectivity index (χ4n) is 3.42. The van der Waals surface area contributed by atoms with Gasteiger partial charge < -0.3 is 15.4 Å². The largest absolute Gasteiger partial charge is 0.457 e. The van der Waals surface area contributed by atoms with Crippen molar-refractivity contribution in [2.45, 2.75) is 25.6 Å². The first-order valence-electron chi connectivity index (χ1n) is 10.00. The van der Waals surface area contributed by atoms with E-state index in [0.717, 1.165) is 17.1 Å². The van der Waals surface area contributed by atoms with Gasteiger partial charge in [-0.3, -0.25) is 14.5 Å². The van der Waals surface area contributed by atoms with Crippen LogP contribution < -0.4 is 15.4 Å². The molecule has 1 aromatic heterocycles. The number of carbonyl (C=O) groups is 2. The van der Waals surface area contributed by atoms with Gasteiger partial charge in [0.15, 0.2) is 5.82 Å². The molecule has 1 aliphatic heterocycles. The van der Waals surface area contributed by atoms with E-state index in [1.165, 1.54) is 0 Å². The van der Waals surface area contributed by atoms with Crippen LogP contribution in [0.3, 0.4) is 0 Å². The predicted molar refractivity (Wildman–Crippen MR) is 111 cm³/mol. The fraction of sp³-hybridized carbons (Fsp3) is 0.286. The van der Waals surface area contributed by atoms with E-state index in [1.54, 1.807) is 0 Å². The lowest BCUT2D eigenvalue weighted by Gasteiger charge is -2.34. The molecule has 0 saturated carbocycles. The highest BCUT2D eigenvalue weighted by Gasteiger charge is 2.31. The average Bonchev–Trinajstić information content (AvgIpc) is 3.30. The zero-order valence-corrected chi connectivity index (χ0v) is 16.8. The summed E-state index contributed by atoms with van der Waals surface area (Å²) in [6.07, 6.45) is 0.0455. The van der Waals surface area contributed by atoms with Crippen LogP contribution >= 0.6 is 0 Å². The molecule has 1 aliphatic rings. The Morgan fingerprint density at radius 2 is 2.00 bits per heavy atom. The summed E-state index contributed by atoms with van der Waals surface area (Å²) in [5, 5.41) is 18.9. The number of aromatic nitrogens is 4. The molecular weight excluding hydrogens is 398 g/mol. The molecule has 0 radical (unpaired) electrons. The van der Waals surface area contributed by atoms with Crippen molar-refractivity contribution in [2.75, 3.05) is 13.1 Å². The minimum atomic E-state index is -0.558. The monoisotopic (exact) mass is 421 g/mol. The second-order valence-electron chi connectivity index (χ2n) is 7.15. The standard InChI is InChI=1S/C21H23N7O3/c29-20(23-13-19-24-26-27-25-19)12-18-21(30)22-9-10-28(18)14-15-5-4-8-17(11-15)31-16-6-2-1-3-7-16/h1-8,11,18H,9-10,12-14H2,(H,22,30)(H,23,29)(H,24,25,26,27). The van der Waals surface area contributed by atoms with E-state index in [1.807, 2.05) is 59.5 Å². The van der Waals surface area contributed by atoms with Crippen molar-refractivity contribution in [1.29, 1.82) is 0 Å². The van der Waals surface area contributed by atoms with Gasteiger partial charge in [0.1, 0.15) is 11.5 Å². The number of carbonyl (C=O) groups excluding carboxylic acids is 2. The zero-order valence-electron chi connectivity index (χ0n) is 16.8. The molecule has 0 aliphatic carbocycles. The number of amides is 2. The van der Waals surface area contributed by atoms with Crippen LogP contribution in [-0.2, 0) is 22.7 Å². The maximum Gasteiger partial charge on any atom is 0.237 e. The van der Waals surface area contributed by atoms with Crippen LogP contribution in [0.5, 0.6) is 11.5 Å². The van der Waals surface area contributed by atoms with Gasteiger partial charge in [-0.2, -0.15) is 5.21 Å². The maximum atomic E-state index is 12.5. The van der Waals surface area contributed by atoms with Crippen molar-refractivity contribution in [3.8, 4) is 11.5 Å². The minimum absolute atomic E-state index is 0.0455. The number of benzene rings is 2. The smallest absolute Gasteiger partial charge is 0.237 e. The van der Waals surface area contributed by atoms with E-state index in [0.29, 0.717) is 25.5 Å². The summed E-state index contributed by atoms with van der Waals surface area (Å²) in [7, 11) is 0. The van der Waals surface area contributed by atoms with Crippen molar-refractivity contribution < 1.29 is 14.3 Å². The highest BCUT2D eigenvalue weighted by Crippen LogP contribution is 2.23. The number of para-hydroxylation sites is 1. The third kappa shape index (κ3) is 5.64. The molecule has 2 heterocycles. The Morgan fingerprint density at radius 3 is 2.81 bits per heavy atom. The van der Waals surface area contributed by atoms with Gasteiger partial charge in [0, 0.05) is 19.6 Å². The predicted octanol–water partition coefficient (Wildman–Crippen LogP) is 0.999. The van der Waals surface area contributed by atoms with E-state index in [-0.39, 0.29) is 24.8 Å². The van der Waals surface area contributed by atoms with E-state index in [9.17, 15) is 9.59 Å². The van der Waals surface area contributed by atoms with Gasteiger partial charge in [0.05, 0.1) is 19.0 Å². The Bertz CT molecular complexity index is 1010. The third-order valence-corrected chi connectivity index (χ3v) is 4.92. The van der Waals surface area contributed by atoms with Gasteiger partial charge in [-0.25, -0.2) is 0 Å². The van der Waals surface area contributed by atoms with E-state index < -0.39 is 6.04 Å². The van der Waals surface area contributed by atoms with Crippen molar-refractivity contribution in [2.24, 2.45) is 0 Å². The number of hydrogen-bond donors (Lipinski definition) is 3. The topological polar surface area (TPSA) is 125 Å². The Labute approximate surface area is 179 Å². The Morgan fingerprint density at radius 1 is 1.16 bits per heavy atom. The van der Waals surface area contributed by atoms with Crippen LogP contribution in [-0.4, -0.2) is 56.5 Å². The molecule has 1 atom stereocenters. The Kier molecular flexibility index (Phi) is 6.48. The lowest BCUT2D eigenvalue weighted by molar-refractivity contribution is -0.134. The molecule has 2 amide bonds. The Balaban J connectivity index is 1.39. The van der Waals surface area contributed by atoms with Crippen LogP contribution in [0, 0.1) is 0 Å². The van der Waals surface area contributed by atoms with Crippen LogP contribution in [0.4, 0.5) is 0 Å².